The van der Waals surface area contributed by atoms with Crippen LogP contribution in [-0.2, 0) is 11.4 Å². The van der Waals surface area contributed by atoms with E-state index in [1.54, 1.807) is 37.7 Å². The molecule has 0 radical (unpaired) electrons. The molecule has 0 saturated carbocycles. The number of aliphatic carboxylic acids is 1. The summed E-state index contributed by atoms with van der Waals surface area (Å²) in [5.41, 5.74) is 2.94. The SMILES string of the molecule is COc1cc(C(=O)N(C)CC(C)C(=O)O)ccc1OCc1cscn1. The lowest BCUT2D eigenvalue weighted by molar-refractivity contribution is -0.141. The molecule has 1 N–H and O–H groups in total. The number of carbonyl (C=O) groups excluding carboxylic acids is 1. The van der Waals surface area contributed by atoms with Gasteiger partial charge in [-0.2, -0.15) is 0 Å². The molecular formula is C17H20N2O5S. The Balaban J connectivity index is 2.08. The Bertz CT molecular complexity index is 733. The topological polar surface area (TPSA) is 89.0 Å². The molecule has 2 rings (SSSR count). The molecule has 2 aromatic rings. The number of ether oxygens (including phenoxy) is 2. The lowest BCUT2D eigenvalue weighted by atomic mass is 10.1. The first-order chi connectivity index (χ1) is 11.9. The number of amides is 1. The van der Waals surface area contributed by atoms with Gasteiger partial charge < -0.3 is 19.5 Å². The fourth-order valence-corrected chi connectivity index (χ4v) is 2.72. The highest BCUT2D eigenvalue weighted by Gasteiger charge is 2.20. The third-order valence-electron chi connectivity index (χ3n) is 3.59. The van der Waals surface area contributed by atoms with Crippen molar-refractivity contribution in [2.45, 2.75) is 13.5 Å². The summed E-state index contributed by atoms with van der Waals surface area (Å²) >= 11 is 1.49. The predicted molar refractivity (Wildman–Crippen MR) is 93.2 cm³/mol. The number of rotatable bonds is 8. The molecule has 8 heteroatoms. The Labute approximate surface area is 149 Å². The first-order valence-electron chi connectivity index (χ1n) is 7.58. The average Bonchev–Trinajstić information content (AvgIpc) is 3.12. The zero-order valence-corrected chi connectivity index (χ0v) is 15.1. The van der Waals surface area contributed by atoms with E-state index >= 15 is 0 Å². The van der Waals surface area contributed by atoms with Crippen molar-refractivity contribution in [3.8, 4) is 11.5 Å². The van der Waals surface area contributed by atoms with Crippen molar-refractivity contribution in [1.82, 2.24) is 9.88 Å². The Morgan fingerprint density at radius 1 is 1.36 bits per heavy atom. The normalized spacial score (nSPS) is 11.6. The van der Waals surface area contributed by atoms with Gasteiger partial charge in [-0.05, 0) is 18.2 Å². The van der Waals surface area contributed by atoms with Gasteiger partial charge in [-0.25, -0.2) is 4.98 Å². The van der Waals surface area contributed by atoms with E-state index < -0.39 is 11.9 Å². The van der Waals surface area contributed by atoms with Gasteiger partial charge in [0.2, 0.25) is 0 Å². The first-order valence-corrected chi connectivity index (χ1v) is 8.52. The van der Waals surface area contributed by atoms with Crippen LogP contribution in [0.15, 0.2) is 29.1 Å². The van der Waals surface area contributed by atoms with Crippen LogP contribution >= 0.6 is 11.3 Å². The monoisotopic (exact) mass is 364 g/mol. The molecule has 1 amide bonds. The van der Waals surface area contributed by atoms with E-state index in [1.807, 2.05) is 5.38 Å². The molecule has 0 bridgehead atoms. The second kappa shape index (κ2) is 8.48. The Morgan fingerprint density at radius 2 is 2.12 bits per heavy atom. The fraction of sp³-hybridized carbons (Fsp3) is 0.353. The molecule has 0 aliphatic carbocycles. The number of carbonyl (C=O) groups is 2. The summed E-state index contributed by atoms with van der Waals surface area (Å²) in [6, 6.07) is 4.87. The number of aromatic nitrogens is 1. The van der Waals surface area contributed by atoms with Crippen LogP contribution in [0.3, 0.4) is 0 Å². The summed E-state index contributed by atoms with van der Waals surface area (Å²) in [7, 11) is 3.07. The van der Waals surface area contributed by atoms with Gasteiger partial charge in [0.15, 0.2) is 11.5 Å². The van der Waals surface area contributed by atoms with E-state index in [2.05, 4.69) is 4.98 Å². The Morgan fingerprint density at radius 3 is 2.72 bits per heavy atom. The maximum absolute atomic E-state index is 12.5. The zero-order chi connectivity index (χ0) is 18.4. The molecule has 0 aliphatic rings. The number of hydrogen-bond acceptors (Lipinski definition) is 6. The molecule has 1 heterocycles. The minimum absolute atomic E-state index is 0.124. The van der Waals surface area contributed by atoms with Gasteiger partial charge in [0.1, 0.15) is 6.61 Å². The summed E-state index contributed by atoms with van der Waals surface area (Å²) in [6.45, 7) is 1.99. The molecule has 0 saturated heterocycles. The van der Waals surface area contributed by atoms with Gasteiger partial charge in [0, 0.05) is 24.5 Å². The summed E-state index contributed by atoms with van der Waals surface area (Å²) < 4.78 is 11.0. The number of methoxy groups -OCH3 is 1. The van der Waals surface area contributed by atoms with Crippen LogP contribution in [0.1, 0.15) is 23.0 Å². The van der Waals surface area contributed by atoms with Gasteiger partial charge in [0.05, 0.1) is 24.2 Å². The van der Waals surface area contributed by atoms with Crippen LogP contribution in [0, 0.1) is 5.92 Å². The minimum atomic E-state index is -0.942. The second-order valence-electron chi connectivity index (χ2n) is 5.56. The predicted octanol–water partition coefficient (Wildman–Crippen LogP) is 2.52. The van der Waals surface area contributed by atoms with Crippen LogP contribution in [0.5, 0.6) is 11.5 Å². The van der Waals surface area contributed by atoms with E-state index in [0.717, 1.165) is 5.69 Å². The van der Waals surface area contributed by atoms with Crippen molar-refractivity contribution >= 4 is 23.2 Å². The number of nitrogens with zero attached hydrogens (tertiary/aromatic N) is 2. The number of thiazole rings is 1. The number of hydrogen-bond donors (Lipinski definition) is 1. The fourth-order valence-electron chi connectivity index (χ4n) is 2.17. The van der Waals surface area contributed by atoms with E-state index in [0.29, 0.717) is 23.7 Å². The molecule has 1 unspecified atom stereocenters. The molecule has 1 atom stereocenters. The van der Waals surface area contributed by atoms with Crippen LogP contribution in [-0.4, -0.2) is 47.6 Å². The maximum Gasteiger partial charge on any atom is 0.308 e. The lowest BCUT2D eigenvalue weighted by Gasteiger charge is -2.20. The van der Waals surface area contributed by atoms with E-state index in [1.165, 1.54) is 23.3 Å². The van der Waals surface area contributed by atoms with Gasteiger partial charge >= 0.3 is 5.97 Å². The third kappa shape index (κ3) is 4.93. The van der Waals surface area contributed by atoms with Gasteiger partial charge in [-0.15, -0.1) is 11.3 Å². The van der Waals surface area contributed by atoms with Gasteiger partial charge in [-0.3, -0.25) is 9.59 Å². The van der Waals surface area contributed by atoms with Crippen molar-refractivity contribution in [2.24, 2.45) is 5.92 Å². The van der Waals surface area contributed by atoms with Crippen LogP contribution in [0.25, 0.3) is 0 Å². The minimum Gasteiger partial charge on any atom is -0.493 e. The molecule has 0 spiro atoms. The average molecular weight is 364 g/mol. The molecule has 0 fully saturated rings. The van der Waals surface area contributed by atoms with E-state index in [-0.39, 0.29) is 12.5 Å². The Hall–Kier alpha value is -2.61. The third-order valence-corrected chi connectivity index (χ3v) is 4.22. The lowest BCUT2D eigenvalue weighted by Crippen LogP contribution is -2.33. The van der Waals surface area contributed by atoms with Crippen LogP contribution in [0.2, 0.25) is 0 Å². The van der Waals surface area contributed by atoms with Gasteiger partial charge in [-0.1, -0.05) is 6.92 Å². The van der Waals surface area contributed by atoms with Crippen molar-refractivity contribution in [3.63, 3.8) is 0 Å². The van der Waals surface area contributed by atoms with Crippen molar-refractivity contribution < 1.29 is 24.2 Å². The van der Waals surface area contributed by atoms with Crippen molar-refractivity contribution in [2.75, 3.05) is 20.7 Å². The van der Waals surface area contributed by atoms with Crippen molar-refractivity contribution in [3.05, 3.63) is 40.3 Å². The molecule has 1 aromatic carbocycles. The van der Waals surface area contributed by atoms with Crippen LogP contribution < -0.4 is 9.47 Å². The molecule has 25 heavy (non-hydrogen) atoms. The standard InChI is InChI=1S/C17H20N2O5S/c1-11(17(21)22)7-19(2)16(20)12-4-5-14(15(6-12)23-3)24-8-13-9-25-10-18-13/h4-6,9-11H,7-8H2,1-3H3,(H,21,22). The van der Waals surface area contributed by atoms with E-state index in [9.17, 15) is 9.59 Å². The maximum atomic E-state index is 12.5. The van der Waals surface area contributed by atoms with Crippen LogP contribution in [0.4, 0.5) is 0 Å². The zero-order valence-electron chi connectivity index (χ0n) is 14.3. The number of benzene rings is 1. The molecular weight excluding hydrogens is 344 g/mol. The molecule has 134 valence electrons. The highest BCUT2D eigenvalue weighted by atomic mass is 32.1. The molecule has 1 aromatic heterocycles. The highest BCUT2D eigenvalue weighted by molar-refractivity contribution is 7.07. The molecule has 7 nitrogen and oxygen atoms in total. The summed E-state index contributed by atoms with van der Waals surface area (Å²) in [5.74, 6) is -0.925. The summed E-state index contributed by atoms with van der Waals surface area (Å²) in [5, 5.41) is 10.9. The largest absolute Gasteiger partial charge is 0.493 e. The quantitative estimate of drug-likeness (QED) is 0.774. The summed E-state index contributed by atoms with van der Waals surface area (Å²) in [6.07, 6.45) is 0. The van der Waals surface area contributed by atoms with E-state index in [4.69, 9.17) is 14.6 Å². The smallest absolute Gasteiger partial charge is 0.308 e. The van der Waals surface area contributed by atoms with Crippen molar-refractivity contribution in [1.29, 1.82) is 0 Å². The highest BCUT2D eigenvalue weighted by Crippen LogP contribution is 2.29. The molecule has 0 aliphatic heterocycles. The summed E-state index contributed by atoms with van der Waals surface area (Å²) in [4.78, 5) is 28.9. The Kier molecular flexibility index (Phi) is 6.35. The first kappa shape index (κ1) is 18.7. The number of carboxylic acid groups (broad SMARTS) is 1. The van der Waals surface area contributed by atoms with Gasteiger partial charge in [0.25, 0.3) is 5.91 Å². The second-order valence-corrected chi connectivity index (χ2v) is 6.28. The number of carboxylic acids is 1.